The van der Waals surface area contributed by atoms with Crippen molar-refractivity contribution in [1.82, 2.24) is 14.9 Å². The summed E-state index contributed by atoms with van der Waals surface area (Å²) in [5.74, 6) is 0.321. The van der Waals surface area contributed by atoms with Gasteiger partial charge in [-0.25, -0.2) is 0 Å². The lowest BCUT2D eigenvalue weighted by molar-refractivity contribution is 0.0707. The normalized spacial score (nSPS) is 16.3. The summed E-state index contributed by atoms with van der Waals surface area (Å²) in [5.41, 5.74) is 6.18. The largest absolute Gasteiger partial charge is 0.338 e. The van der Waals surface area contributed by atoms with Gasteiger partial charge in [0, 0.05) is 42.0 Å². The summed E-state index contributed by atoms with van der Waals surface area (Å²) >= 11 is 0. The summed E-state index contributed by atoms with van der Waals surface area (Å²) < 4.78 is 0. The maximum Gasteiger partial charge on any atom is 0.256 e. The highest BCUT2D eigenvalue weighted by Gasteiger charge is 2.27. The molecule has 0 spiro atoms. The number of aryl methyl sites for hydroxylation is 1. The van der Waals surface area contributed by atoms with Gasteiger partial charge in [-0.15, -0.1) is 0 Å². The molecule has 0 bridgehead atoms. The van der Waals surface area contributed by atoms with E-state index in [0.29, 0.717) is 12.1 Å². The number of carbonyl (C=O) groups excluding carboxylic acids is 1. The third kappa shape index (κ3) is 4.26. The number of benzene rings is 2. The average molecular weight is 422 g/mol. The van der Waals surface area contributed by atoms with E-state index in [2.05, 4.69) is 48.3 Å². The van der Waals surface area contributed by atoms with Gasteiger partial charge < -0.3 is 4.90 Å². The standard InChI is InChI=1S/C28H27N3O/c1-20-16-22(17-21-8-3-2-4-9-21)18-26(30-20)24-12-7-15-31(19-24)28(32)25-13-5-10-23-11-6-14-29-27(23)25/h2-6,8-11,13-14,16,18,24H,7,12,15,17,19H2,1H3. The number of rotatable bonds is 4. The van der Waals surface area contributed by atoms with Crippen LogP contribution in [-0.2, 0) is 6.42 Å². The first-order valence-corrected chi connectivity index (χ1v) is 11.3. The molecule has 4 nitrogen and oxygen atoms in total. The number of fused-ring (bicyclic) bond motifs is 1. The monoisotopic (exact) mass is 421 g/mol. The quantitative estimate of drug-likeness (QED) is 0.434. The van der Waals surface area contributed by atoms with Gasteiger partial charge in [0.25, 0.3) is 5.91 Å². The average Bonchev–Trinajstić information content (AvgIpc) is 2.83. The van der Waals surface area contributed by atoms with Gasteiger partial charge in [0.15, 0.2) is 0 Å². The van der Waals surface area contributed by atoms with Crippen LogP contribution in [-0.4, -0.2) is 33.9 Å². The summed E-state index contributed by atoms with van der Waals surface area (Å²) in [6, 6.07) is 24.7. The summed E-state index contributed by atoms with van der Waals surface area (Å²) in [7, 11) is 0. The van der Waals surface area contributed by atoms with E-state index in [1.165, 1.54) is 11.1 Å². The Labute approximate surface area is 189 Å². The predicted molar refractivity (Wildman–Crippen MR) is 128 cm³/mol. The number of hydrogen-bond donors (Lipinski definition) is 0. The molecule has 0 saturated carbocycles. The highest BCUT2D eigenvalue weighted by molar-refractivity contribution is 6.05. The molecule has 1 fully saturated rings. The first-order valence-electron chi connectivity index (χ1n) is 11.3. The van der Waals surface area contributed by atoms with Crippen LogP contribution in [0.2, 0.25) is 0 Å². The van der Waals surface area contributed by atoms with Crippen molar-refractivity contribution in [3.8, 4) is 0 Å². The maximum atomic E-state index is 13.4. The Bertz CT molecular complexity index is 1250. The molecule has 3 heterocycles. The van der Waals surface area contributed by atoms with Gasteiger partial charge >= 0.3 is 0 Å². The molecule has 1 aliphatic heterocycles. The number of hydrogen-bond acceptors (Lipinski definition) is 3. The molecule has 0 aliphatic carbocycles. The minimum Gasteiger partial charge on any atom is -0.338 e. The van der Waals surface area contributed by atoms with E-state index in [9.17, 15) is 4.79 Å². The molecular formula is C28H27N3O. The SMILES string of the molecule is Cc1cc(Cc2ccccc2)cc(C2CCCN(C(=O)c3cccc4cccnc34)C2)n1. The lowest BCUT2D eigenvalue weighted by Gasteiger charge is -2.33. The molecule has 5 rings (SSSR count). The second kappa shape index (κ2) is 8.91. The Balaban J connectivity index is 1.38. The number of piperidine rings is 1. The van der Waals surface area contributed by atoms with Gasteiger partial charge in [-0.1, -0.05) is 48.5 Å². The van der Waals surface area contributed by atoms with Crippen molar-refractivity contribution in [3.05, 3.63) is 107 Å². The smallest absolute Gasteiger partial charge is 0.256 e. The van der Waals surface area contributed by atoms with E-state index in [0.717, 1.165) is 48.1 Å². The molecule has 32 heavy (non-hydrogen) atoms. The van der Waals surface area contributed by atoms with E-state index >= 15 is 0 Å². The summed E-state index contributed by atoms with van der Waals surface area (Å²) in [4.78, 5) is 24.8. The fourth-order valence-corrected chi connectivity index (χ4v) is 4.76. The van der Waals surface area contributed by atoms with Crippen LogP contribution in [0.1, 0.15) is 51.6 Å². The van der Waals surface area contributed by atoms with Gasteiger partial charge in [-0.3, -0.25) is 14.8 Å². The third-order valence-corrected chi connectivity index (χ3v) is 6.27. The number of aromatic nitrogens is 2. The summed E-state index contributed by atoms with van der Waals surface area (Å²) in [6.07, 6.45) is 4.69. The van der Waals surface area contributed by atoms with Crippen LogP contribution >= 0.6 is 0 Å². The molecule has 160 valence electrons. The molecule has 0 radical (unpaired) electrons. The van der Waals surface area contributed by atoms with Crippen molar-refractivity contribution in [2.75, 3.05) is 13.1 Å². The Morgan fingerprint density at radius 1 is 1.00 bits per heavy atom. The molecule has 0 N–H and O–H groups in total. The summed E-state index contributed by atoms with van der Waals surface area (Å²) in [6.45, 7) is 3.54. The molecule has 1 amide bonds. The van der Waals surface area contributed by atoms with Crippen molar-refractivity contribution in [2.24, 2.45) is 0 Å². The van der Waals surface area contributed by atoms with Crippen LogP contribution in [0, 0.1) is 6.92 Å². The van der Waals surface area contributed by atoms with E-state index in [1.54, 1.807) is 6.20 Å². The van der Waals surface area contributed by atoms with Gasteiger partial charge in [0.2, 0.25) is 0 Å². The Hall–Kier alpha value is -3.53. The number of pyridine rings is 2. The Kier molecular flexibility index (Phi) is 5.68. The highest BCUT2D eigenvalue weighted by Crippen LogP contribution is 2.29. The number of likely N-dealkylation sites (tertiary alicyclic amines) is 1. The molecule has 4 heteroatoms. The lowest BCUT2D eigenvalue weighted by atomic mass is 9.92. The van der Waals surface area contributed by atoms with Crippen LogP contribution < -0.4 is 0 Å². The van der Waals surface area contributed by atoms with Crippen LogP contribution in [0.4, 0.5) is 0 Å². The Morgan fingerprint density at radius 2 is 1.84 bits per heavy atom. The van der Waals surface area contributed by atoms with E-state index < -0.39 is 0 Å². The van der Waals surface area contributed by atoms with Crippen LogP contribution in [0.5, 0.6) is 0 Å². The van der Waals surface area contributed by atoms with Crippen LogP contribution in [0.3, 0.4) is 0 Å². The molecule has 1 aliphatic rings. The van der Waals surface area contributed by atoms with Crippen LogP contribution in [0.15, 0.2) is 79.0 Å². The van der Waals surface area contributed by atoms with Crippen molar-refractivity contribution in [1.29, 1.82) is 0 Å². The molecule has 1 unspecified atom stereocenters. The number of amides is 1. The minimum atomic E-state index is 0.0659. The van der Waals surface area contributed by atoms with Crippen LogP contribution in [0.25, 0.3) is 10.9 Å². The first kappa shape index (κ1) is 20.4. The highest BCUT2D eigenvalue weighted by atomic mass is 16.2. The molecule has 2 aromatic heterocycles. The lowest BCUT2D eigenvalue weighted by Crippen LogP contribution is -2.39. The number of nitrogens with zero attached hydrogens (tertiary/aromatic N) is 3. The zero-order chi connectivity index (χ0) is 21.9. The number of para-hydroxylation sites is 1. The van der Waals surface area contributed by atoms with Gasteiger partial charge in [0.1, 0.15) is 0 Å². The van der Waals surface area contributed by atoms with Crippen molar-refractivity contribution in [2.45, 2.75) is 32.1 Å². The summed E-state index contributed by atoms with van der Waals surface area (Å²) in [5, 5.41) is 0.998. The van der Waals surface area contributed by atoms with Gasteiger partial charge in [0.05, 0.1) is 11.1 Å². The first-order chi connectivity index (χ1) is 15.7. The van der Waals surface area contributed by atoms with Crippen molar-refractivity contribution < 1.29 is 4.79 Å². The van der Waals surface area contributed by atoms with E-state index in [-0.39, 0.29) is 11.8 Å². The van der Waals surface area contributed by atoms with Crippen molar-refractivity contribution in [3.63, 3.8) is 0 Å². The maximum absolute atomic E-state index is 13.4. The molecule has 2 aromatic carbocycles. The Morgan fingerprint density at radius 3 is 2.72 bits per heavy atom. The van der Waals surface area contributed by atoms with E-state index in [4.69, 9.17) is 4.98 Å². The van der Waals surface area contributed by atoms with Gasteiger partial charge in [-0.2, -0.15) is 0 Å². The fourth-order valence-electron chi connectivity index (χ4n) is 4.76. The predicted octanol–water partition coefficient (Wildman–Crippen LogP) is 5.55. The second-order valence-corrected chi connectivity index (χ2v) is 8.68. The zero-order valence-electron chi connectivity index (χ0n) is 18.4. The number of carbonyl (C=O) groups is 1. The molecular weight excluding hydrogens is 394 g/mol. The third-order valence-electron chi connectivity index (χ3n) is 6.27. The van der Waals surface area contributed by atoms with Crippen molar-refractivity contribution >= 4 is 16.8 Å². The molecule has 1 saturated heterocycles. The molecule has 4 aromatic rings. The van der Waals surface area contributed by atoms with E-state index in [1.807, 2.05) is 41.3 Å². The van der Waals surface area contributed by atoms with Gasteiger partial charge in [-0.05, 0) is 61.6 Å². The molecule has 1 atom stereocenters. The fraction of sp³-hybridized carbons (Fsp3) is 0.250. The minimum absolute atomic E-state index is 0.0659. The second-order valence-electron chi connectivity index (χ2n) is 8.68. The topological polar surface area (TPSA) is 46.1 Å². The zero-order valence-corrected chi connectivity index (χ0v) is 18.4.